The molecule has 2 heterocycles. The Balaban J connectivity index is 1.91. The van der Waals surface area contributed by atoms with E-state index in [1.807, 2.05) is 13.0 Å². The lowest BCUT2D eigenvalue weighted by atomic mass is 9.99. The first-order valence-electron chi connectivity index (χ1n) is 6.46. The normalized spacial score (nSPS) is 17.1. The van der Waals surface area contributed by atoms with Crippen LogP contribution in [-0.4, -0.2) is 29.7 Å². The summed E-state index contributed by atoms with van der Waals surface area (Å²) in [6.07, 6.45) is 3.32. The maximum Gasteiger partial charge on any atom is 0.216 e. The second-order valence-electron chi connectivity index (χ2n) is 4.60. The van der Waals surface area contributed by atoms with E-state index >= 15 is 0 Å². The fourth-order valence-corrected chi connectivity index (χ4v) is 2.11. The summed E-state index contributed by atoms with van der Waals surface area (Å²) in [5.41, 5.74) is 1.05. The van der Waals surface area contributed by atoms with Crippen LogP contribution >= 0.6 is 0 Å². The van der Waals surface area contributed by atoms with Crippen LogP contribution < -0.4 is 10.1 Å². The van der Waals surface area contributed by atoms with Crippen molar-refractivity contribution in [3.63, 3.8) is 0 Å². The highest BCUT2D eigenvalue weighted by atomic mass is 16.5. The molecule has 0 aromatic carbocycles. The zero-order valence-electron chi connectivity index (χ0n) is 10.7. The predicted octanol–water partition coefficient (Wildman–Crippen LogP) is 1.73. The molecule has 1 saturated heterocycles. The molecule has 1 aliphatic rings. The number of rotatable bonds is 4. The van der Waals surface area contributed by atoms with Gasteiger partial charge in [-0.15, -0.1) is 0 Å². The third kappa shape index (κ3) is 3.66. The Morgan fingerprint density at radius 3 is 2.82 bits per heavy atom. The Kier molecular flexibility index (Phi) is 4.31. The van der Waals surface area contributed by atoms with Crippen LogP contribution in [0.5, 0.6) is 5.88 Å². The largest absolute Gasteiger partial charge is 0.477 e. The molecule has 17 heavy (non-hydrogen) atoms. The first-order valence-corrected chi connectivity index (χ1v) is 6.46. The van der Waals surface area contributed by atoms with Crippen LogP contribution in [0.4, 0.5) is 0 Å². The van der Waals surface area contributed by atoms with E-state index in [1.54, 1.807) is 0 Å². The van der Waals surface area contributed by atoms with Crippen LogP contribution in [-0.2, 0) is 6.42 Å². The second-order valence-corrected chi connectivity index (χ2v) is 4.60. The highest BCUT2D eigenvalue weighted by Gasteiger charge is 2.14. The van der Waals surface area contributed by atoms with Crippen LogP contribution in [0, 0.1) is 12.8 Å². The van der Waals surface area contributed by atoms with Crippen LogP contribution in [0.3, 0.4) is 0 Å². The Bertz CT molecular complexity index is 362. The number of piperidine rings is 1. The van der Waals surface area contributed by atoms with Gasteiger partial charge in [-0.1, -0.05) is 6.92 Å². The van der Waals surface area contributed by atoms with Crippen molar-refractivity contribution in [3.8, 4) is 5.88 Å². The van der Waals surface area contributed by atoms with Crippen molar-refractivity contribution >= 4 is 0 Å². The SMILES string of the molecule is CCc1cc(OCC2CCNCC2)nc(C)n1. The molecule has 0 radical (unpaired) electrons. The summed E-state index contributed by atoms with van der Waals surface area (Å²) in [7, 11) is 0. The molecule has 4 heteroatoms. The highest BCUT2D eigenvalue weighted by molar-refractivity contribution is 5.16. The van der Waals surface area contributed by atoms with Gasteiger partial charge in [-0.05, 0) is 45.2 Å². The predicted molar refractivity (Wildman–Crippen MR) is 67.2 cm³/mol. The third-order valence-electron chi connectivity index (χ3n) is 3.16. The molecule has 0 saturated carbocycles. The summed E-state index contributed by atoms with van der Waals surface area (Å²) in [6, 6.07) is 1.95. The van der Waals surface area contributed by atoms with Crippen molar-refractivity contribution in [2.45, 2.75) is 33.1 Å². The average molecular weight is 235 g/mol. The van der Waals surface area contributed by atoms with Crippen molar-refractivity contribution in [2.24, 2.45) is 5.92 Å². The van der Waals surface area contributed by atoms with E-state index in [-0.39, 0.29) is 0 Å². The third-order valence-corrected chi connectivity index (χ3v) is 3.16. The van der Waals surface area contributed by atoms with Gasteiger partial charge in [0.15, 0.2) is 0 Å². The molecule has 0 atom stereocenters. The molecule has 0 spiro atoms. The Morgan fingerprint density at radius 2 is 2.12 bits per heavy atom. The smallest absolute Gasteiger partial charge is 0.216 e. The number of nitrogens with zero attached hydrogens (tertiary/aromatic N) is 2. The summed E-state index contributed by atoms with van der Waals surface area (Å²) < 4.78 is 5.79. The number of aromatic nitrogens is 2. The summed E-state index contributed by atoms with van der Waals surface area (Å²) in [5.74, 6) is 2.19. The molecular formula is C13H21N3O. The molecule has 0 aliphatic carbocycles. The number of ether oxygens (including phenoxy) is 1. The molecule has 1 aromatic rings. The molecule has 1 aliphatic heterocycles. The zero-order valence-corrected chi connectivity index (χ0v) is 10.7. The van der Waals surface area contributed by atoms with Crippen LogP contribution in [0.25, 0.3) is 0 Å². The number of hydrogen-bond acceptors (Lipinski definition) is 4. The molecule has 1 N–H and O–H groups in total. The Hall–Kier alpha value is -1.16. The van der Waals surface area contributed by atoms with Crippen molar-refractivity contribution in [1.82, 2.24) is 15.3 Å². The maximum atomic E-state index is 5.79. The molecule has 2 rings (SSSR count). The maximum absolute atomic E-state index is 5.79. The number of hydrogen-bond donors (Lipinski definition) is 1. The zero-order chi connectivity index (χ0) is 12.1. The topological polar surface area (TPSA) is 47.0 Å². The minimum absolute atomic E-state index is 0.664. The number of aryl methyl sites for hydroxylation is 2. The van der Waals surface area contributed by atoms with E-state index in [0.717, 1.165) is 43.5 Å². The number of nitrogens with one attached hydrogen (secondary N) is 1. The Morgan fingerprint density at radius 1 is 1.35 bits per heavy atom. The summed E-state index contributed by atoms with van der Waals surface area (Å²) in [4.78, 5) is 8.66. The van der Waals surface area contributed by atoms with Crippen molar-refractivity contribution in [2.75, 3.05) is 19.7 Å². The van der Waals surface area contributed by atoms with Crippen molar-refractivity contribution in [1.29, 1.82) is 0 Å². The van der Waals surface area contributed by atoms with Crippen molar-refractivity contribution in [3.05, 3.63) is 17.6 Å². The lowest BCUT2D eigenvalue weighted by molar-refractivity contribution is 0.208. The molecule has 0 amide bonds. The molecule has 0 bridgehead atoms. The molecule has 1 aromatic heterocycles. The molecule has 4 nitrogen and oxygen atoms in total. The van der Waals surface area contributed by atoms with Gasteiger partial charge in [-0.3, -0.25) is 0 Å². The van der Waals surface area contributed by atoms with E-state index in [0.29, 0.717) is 5.92 Å². The van der Waals surface area contributed by atoms with Gasteiger partial charge in [-0.2, -0.15) is 4.98 Å². The van der Waals surface area contributed by atoms with Gasteiger partial charge in [0.25, 0.3) is 0 Å². The lowest BCUT2D eigenvalue weighted by Crippen LogP contribution is -2.30. The van der Waals surface area contributed by atoms with Gasteiger partial charge in [-0.25, -0.2) is 4.98 Å². The van der Waals surface area contributed by atoms with E-state index in [4.69, 9.17) is 4.74 Å². The molecular weight excluding hydrogens is 214 g/mol. The minimum Gasteiger partial charge on any atom is -0.477 e. The van der Waals surface area contributed by atoms with Gasteiger partial charge in [0.05, 0.1) is 6.61 Å². The van der Waals surface area contributed by atoms with E-state index in [2.05, 4.69) is 22.2 Å². The first-order chi connectivity index (χ1) is 8.28. The van der Waals surface area contributed by atoms with Crippen LogP contribution in [0.1, 0.15) is 31.3 Å². The van der Waals surface area contributed by atoms with Gasteiger partial charge in [0.1, 0.15) is 5.82 Å². The van der Waals surface area contributed by atoms with Crippen molar-refractivity contribution < 1.29 is 4.74 Å². The quantitative estimate of drug-likeness (QED) is 0.863. The average Bonchev–Trinajstić information content (AvgIpc) is 2.37. The molecule has 0 unspecified atom stereocenters. The van der Waals surface area contributed by atoms with E-state index in [1.165, 1.54) is 12.8 Å². The second kappa shape index (κ2) is 5.96. The summed E-state index contributed by atoms with van der Waals surface area (Å²) in [6.45, 7) is 7.00. The van der Waals surface area contributed by atoms with Gasteiger partial charge in [0.2, 0.25) is 5.88 Å². The van der Waals surface area contributed by atoms with E-state index in [9.17, 15) is 0 Å². The summed E-state index contributed by atoms with van der Waals surface area (Å²) in [5, 5.41) is 3.36. The first kappa shape index (κ1) is 12.3. The van der Waals surface area contributed by atoms with Crippen LogP contribution in [0.15, 0.2) is 6.07 Å². The van der Waals surface area contributed by atoms with E-state index < -0.39 is 0 Å². The molecule has 1 fully saturated rings. The standard InChI is InChI=1S/C13H21N3O/c1-3-12-8-13(16-10(2)15-12)17-9-11-4-6-14-7-5-11/h8,11,14H,3-7,9H2,1-2H3. The Labute approximate surface area is 103 Å². The summed E-state index contributed by atoms with van der Waals surface area (Å²) >= 11 is 0. The highest BCUT2D eigenvalue weighted by Crippen LogP contribution is 2.15. The van der Waals surface area contributed by atoms with Gasteiger partial charge < -0.3 is 10.1 Å². The fourth-order valence-electron chi connectivity index (χ4n) is 2.11. The lowest BCUT2D eigenvalue weighted by Gasteiger charge is -2.22. The minimum atomic E-state index is 0.664. The molecule has 94 valence electrons. The monoisotopic (exact) mass is 235 g/mol. The fraction of sp³-hybridized carbons (Fsp3) is 0.692. The van der Waals surface area contributed by atoms with Crippen LogP contribution in [0.2, 0.25) is 0 Å². The van der Waals surface area contributed by atoms with Gasteiger partial charge in [0, 0.05) is 11.8 Å². The van der Waals surface area contributed by atoms with Gasteiger partial charge >= 0.3 is 0 Å².